The zero-order valence-electron chi connectivity index (χ0n) is 16.1. The Kier molecular flexibility index (Phi) is 13.7. The standard InChI is InChI=1S/C7H13N3S.C6H11N3S.CH3I.CH4O/c1-7(2)4-9-10(5-7)6(8)11-3;1-6(2)3-8-9(4-6)5(7)10;2*1-2/h4,8H,5H2,1-3H3;3H,4H2,1-2H3,(H2,7,10);1H3;2H,1H3. The molecule has 2 aliphatic heterocycles. The van der Waals surface area contributed by atoms with Gasteiger partial charge in [-0.1, -0.05) is 62.0 Å². The van der Waals surface area contributed by atoms with Gasteiger partial charge in [-0.2, -0.15) is 10.2 Å². The molecule has 0 atom stereocenters. The van der Waals surface area contributed by atoms with E-state index in [1.807, 2.05) is 23.6 Å². The third kappa shape index (κ3) is 11.0. The molecule has 2 heterocycles. The summed E-state index contributed by atoms with van der Waals surface area (Å²) in [5.74, 6) is 0. The van der Waals surface area contributed by atoms with E-state index in [-0.39, 0.29) is 10.8 Å². The van der Waals surface area contributed by atoms with Crippen molar-refractivity contribution in [3.63, 3.8) is 0 Å². The molecular formula is C15H31IN6OS2. The van der Waals surface area contributed by atoms with Crippen LogP contribution in [-0.2, 0) is 0 Å². The summed E-state index contributed by atoms with van der Waals surface area (Å²) in [7, 11) is 1.00. The van der Waals surface area contributed by atoms with Gasteiger partial charge in [-0.25, -0.2) is 10.0 Å². The molecule has 146 valence electrons. The third-order valence-electron chi connectivity index (χ3n) is 2.89. The Morgan fingerprint density at radius 3 is 1.68 bits per heavy atom. The fourth-order valence-electron chi connectivity index (χ4n) is 1.75. The van der Waals surface area contributed by atoms with Crippen LogP contribution < -0.4 is 5.73 Å². The Morgan fingerprint density at radius 1 is 1.12 bits per heavy atom. The largest absolute Gasteiger partial charge is 0.400 e. The number of thioether (sulfide) groups is 1. The van der Waals surface area contributed by atoms with Gasteiger partial charge in [0.2, 0.25) is 0 Å². The van der Waals surface area contributed by atoms with Crippen molar-refractivity contribution >= 4 is 69.3 Å². The van der Waals surface area contributed by atoms with E-state index < -0.39 is 0 Å². The fourth-order valence-corrected chi connectivity index (χ4v) is 2.19. The van der Waals surface area contributed by atoms with Crippen LogP contribution in [0.4, 0.5) is 0 Å². The highest BCUT2D eigenvalue weighted by Crippen LogP contribution is 2.22. The topological polar surface area (TPSA) is 101 Å². The first-order chi connectivity index (χ1) is 11.6. The van der Waals surface area contributed by atoms with Gasteiger partial charge in [-0.3, -0.25) is 5.41 Å². The minimum absolute atomic E-state index is 0.115. The molecule has 0 aromatic carbocycles. The van der Waals surface area contributed by atoms with Crippen LogP contribution in [0.5, 0.6) is 0 Å². The Labute approximate surface area is 175 Å². The van der Waals surface area contributed by atoms with Crippen LogP contribution >= 0.6 is 46.6 Å². The molecule has 0 saturated heterocycles. The number of hydrogen-bond acceptors (Lipinski definition) is 6. The number of rotatable bonds is 0. The number of halogens is 1. The smallest absolute Gasteiger partial charge is 0.186 e. The average Bonchev–Trinajstić information content (AvgIpc) is 3.13. The summed E-state index contributed by atoms with van der Waals surface area (Å²) in [5.41, 5.74) is 5.60. The Morgan fingerprint density at radius 2 is 1.48 bits per heavy atom. The number of aliphatic hydroxyl groups is 1. The minimum atomic E-state index is 0.115. The molecule has 0 saturated carbocycles. The van der Waals surface area contributed by atoms with Crippen molar-refractivity contribution in [2.45, 2.75) is 27.7 Å². The molecule has 10 heteroatoms. The van der Waals surface area contributed by atoms with Gasteiger partial charge in [0.25, 0.3) is 0 Å². The predicted molar refractivity (Wildman–Crippen MR) is 124 cm³/mol. The summed E-state index contributed by atoms with van der Waals surface area (Å²) in [4.78, 5) is 1.97. The van der Waals surface area contributed by atoms with E-state index in [0.717, 1.165) is 20.2 Å². The van der Waals surface area contributed by atoms with Crippen LogP contribution in [0.3, 0.4) is 0 Å². The maximum Gasteiger partial charge on any atom is 0.186 e. The number of nitrogens with two attached hydrogens (primary N) is 1. The molecular weight excluding hydrogens is 471 g/mol. The minimum Gasteiger partial charge on any atom is -0.400 e. The molecule has 0 bridgehead atoms. The van der Waals surface area contributed by atoms with E-state index in [1.54, 1.807) is 10.0 Å². The monoisotopic (exact) mass is 502 g/mol. The molecule has 0 amide bonds. The molecule has 7 nitrogen and oxygen atoms in total. The lowest BCUT2D eigenvalue weighted by Gasteiger charge is -2.17. The Bertz CT molecular complexity index is 483. The molecule has 25 heavy (non-hydrogen) atoms. The number of alkyl halides is 1. The SMILES string of the molecule is CC1(C)C=NN(C(N)=S)C1.CI.CO.CSC(=N)N1CC(C)(C)C=N1. The maximum absolute atomic E-state index is 7.49. The normalized spacial score (nSPS) is 18.3. The van der Waals surface area contributed by atoms with Crippen molar-refractivity contribution in [1.82, 2.24) is 10.0 Å². The number of thiocarbonyl (C=S) groups is 1. The molecule has 0 unspecified atom stereocenters. The number of aliphatic hydroxyl groups excluding tert-OH is 1. The van der Waals surface area contributed by atoms with E-state index in [2.05, 4.69) is 60.5 Å². The van der Waals surface area contributed by atoms with E-state index in [4.69, 9.17) is 28.5 Å². The van der Waals surface area contributed by atoms with Crippen molar-refractivity contribution < 1.29 is 5.11 Å². The summed E-state index contributed by atoms with van der Waals surface area (Å²) in [6.45, 7) is 10.0. The summed E-state index contributed by atoms with van der Waals surface area (Å²) < 4.78 is 0. The Balaban J connectivity index is 0. The van der Waals surface area contributed by atoms with Gasteiger partial charge in [0, 0.05) is 30.4 Å². The average molecular weight is 502 g/mol. The van der Waals surface area contributed by atoms with Gasteiger partial charge in [-0.15, -0.1) is 0 Å². The highest BCUT2D eigenvalue weighted by atomic mass is 127. The number of nitrogens with one attached hydrogen (secondary N) is 1. The van der Waals surface area contributed by atoms with Crippen LogP contribution in [0.25, 0.3) is 0 Å². The van der Waals surface area contributed by atoms with Crippen molar-refractivity contribution in [2.24, 2.45) is 26.8 Å². The van der Waals surface area contributed by atoms with E-state index in [1.165, 1.54) is 11.8 Å². The molecule has 2 rings (SSSR count). The first kappa shape index (κ1) is 26.8. The lowest BCUT2D eigenvalue weighted by Crippen LogP contribution is -2.33. The summed E-state index contributed by atoms with van der Waals surface area (Å²) in [5, 5.41) is 26.9. The summed E-state index contributed by atoms with van der Waals surface area (Å²) in [6, 6.07) is 0. The van der Waals surface area contributed by atoms with E-state index in [9.17, 15) is 0 Å². The molecule has 0 aromatic rings. The number of nitrogens with zero attached hydrogens (tertiary/aromatic N) is 4. The van der Waals surface area contributed by atoms with E-state index in [0.29, 0.717) is 10.3 Å². The molecule has 0 fully saturated rings. The second kappa shape index (κ2) is 12.8. The van der Waals surface area contributed by atoms with Crippen LogP contribution in [0.2, 0.25) is 0 Å². The van der Waals surface area contributed by atoms with Crippen LogP contribution in [0.1, 0.15) is 27.7 Å². The van der Waals surface area contributed by atoms with Crippen LogP contribution in [-0.4, -0.2) is 69.2 Å². The zero-order valence-corrected chi connectivity index (χ0v) is 19.9. The highest BCUT2D eigenvalue weighted by molar-refractivity contribution is 14.1. The van der Waals surface area contributed by atoms with Crippen molar-refractivity contribution in [3.8, 4) is 0 Å². The third-order valence-corrected chi connectivity index (χ3v) is 3.70. The zero-order chi connectivity index (χ0) is 20.3. The molecule has 0 radical (unpaired) electrons. The number of hydrogen-bond donors (Lipinski definition) is 3. The quantitative estimate of drug-likeness (QED) is 0.155. The highest BCUT2D eigenvalue weighted by Gasteiger charge is 2.27. The fraction of sp³-hybridized carbons (Fsp3) is 0.733. The summed E-state index contributed by atoms with van der Waals surface area (Å²) in [6.07, 6.45) is 5.66. The molecule has 4 N–H and O–H groups in total. The molecule has 0 aromatic heterocycles. The molecule has 0 aliphatic carbocycles. The first-order valence-corrected chi connectivity index (χ1v) is 11.3. The number of hydrazone groups is 2. The van der Waals surface area contributed by atoms with Crippen LogP contribution in [0.15, 0.2) is 10.2 Å². The predicted octanol–water partition coefficient (Wildman–Crippen LogP) is 2.83. The summed E-state index contributed by atoms with van der Waals surface area (Å²) >= 11 is 8.32. The van der Waals surface area contributed by atoms with Gasteiger partial charge in [0.1, 0.15) is 0 Å². The van der Waals surface area contributed by atoms with Crippen LogP contribution in [0, 0.1) is 16.2 Å². The van der Waals surface area contributed by atoms with Gasteiger partial charge in [-0.05, 0) is 23.4 Å². The van der Waals surface area contributed by atoms with Crippen molar-refractivity contribution in [2.75, 3.05) is 31.4 Å². The number of amidine groups is 1. The van der Waals surface area contributed by atoms with Crippen molar-refractivity contribution in [1.29, 1.82) is 5.41 Å². The van der Waals surface area contributed by atoms with Gasteiger partial charge in [0.15, 0.2) is 10.3 Å². The molecule has 2 aliphatic rings. The lowest BCUT2D eigenvalue weighted by molar-refractivity contribution is 0.388. The second-order valence-corrected chi connectivity index (χ2v) is 7.64. The van der Waals surface area contributed by atoms with Gasteiger partial charge < -0.3 is 10.8 Å². The second-order valence-electron chi connectivity index (χ2n) is 6.43. The van der Waals surface area contributed by atoms with Gasteiger partial charge in [0.05, 0.1) is 13.1 Å². The first-order valence-electron chi connectivity index (χ1n) is 7.46. The van der Waals surface area contributed by atoms with E-state index >= 15 is 0 Å². The van der Waals surface area contributed by atoms with Gasteiger partial charge >= 0.3 is 0 Å². The Hall–Kier alpha value is -0.460. The molecule has 0 spiro atoms. The van der Waals surface area contributed by atoms with Crippen molar-refractivity contribution in [3.05, 3.63) is 0 Å². The maximum atomic E-state index is 7.49. The lowest BCUT2D eigenvalue weighted by atomic mass is 9.97.